The first-order chi connectivity index (χ1) is 10.3. The molecule has 2 unspecified atom stereocenters. The molecule has 2 atom stereocenters. The van der Waals surface area contributed by atoms with E-state index in [1.54, 1.807) is 6.07 Å². The Labute approximate surface area is 124 Å². The van der Waals surface area contributed by atoms with Crippen LogP contribution < -0.4 is 5.32 Å². The molecule has 1 aliphatic heterocycles. The van der Waals surface area contributed by atoms with Gasteiger partial charge in [0.2, 0.25) is 0 Å². The number of fused-ring (bicyclic) bond motifs is 1. The first-order valence-corrected chi connectivity index (χ1v) is 7.81. The Balaban J connectivity index is 1.83. The SMILES string of the molecule is CCCNC(CC1CCCO1)c1cc2cccc(F)c2o1. The topological polar surface area (TPSA) is 34.4 Å². The first-order valence-electron chi connectivity index (χ1n) is 7.81. The second-order valence-corrected chi connectivity index (χ2v) is 5.68. The van der Waals surface area contributed by atoms with E-state index in [1.165, 1.54) is 6.07 Å². The molecule has 1 N–H and O–H groups in total. The summed E-state index contributed by atoms with van der Waals surface area (Å²) in [7, 11) is 0. The lowest BCUT2D eigenvalue weighted by molar-refractivity contribution is 0.0922. The number of nitrogens with one attached hydrogen (secondary N) is 1. The summed E-state index contributed by atoms with van der Waals surface area (Å²) in [5.74, 6) is 0.504. The molecule has 0 saturated carbocycles. The maximum atomic E-state index is 13.8. The van der Waals surface area contributed by atoms with Crippen LogP contribution in [0.4, 0.5) is 4.39 Å². The molecule has 0 aliphatic carbocycles. The molecule has 1 aromatic heterocycles. The molecule has 3 nitrogen and oxygen atoms in total. The van der Waals surface area contributed by atoms with Gasteiger partial charge in [-0.2, -0.15) is 0 Å². The Hall–Kier alpha value is -1.39. The average molecular weight is 291 g/mol. The van der Waals surface area contributed by atoms with Crippen LogP contribution in [0.2, 0.25) is 0 Å². The van der Waals surface area contributed by atoms with Gasteiger partial charge in [0.25, 0.3) is 0 Å². The minimum absolute atomic E-state index is 0.0832. The molecule has 2 heterocycles. The third-order valence-electron chi connectivity index (χ3n) is 4.02. The fourth-order valence-corrected chi connectivity index (χ4v) is 2.93. The number of furan rings is 1. The molecular formula is C17H22FNO2. The molecule has 21 heavy (non-hydrogen) atoms. The number of ether oxygens (including phenoxy) is 1. The van der Waals surface area contributed by atoms with Crippen molar-refractivity contribution in [1.82, 2.24) is 5.32 Å². The molecule has 0 radical (unpaired) electrons. The van der Waals surface area contributed by atoms with Crippen molar-refractivity contribution < 1.29 is 13.5 Å². The molecule has 0 spiro atoms. The van der Waals surface area contributed by atoms with Crippen molar-refractivity contribution in [3.8, 4) is 0 Å². The van der Waals surface area contributed by atoms with Crippen LogP contribution in [0.15, 0.2) is 28.7 Å². The highest BCUT2D eigenvalue weighted by molar-refractivity contribution is 5.78. The standard InChI is InChI=1S/C17H22FNO2/c1-2-8-19-15(11-13-6-4-9-20-13)16-10-12-5-3-7-14(18)17(12)21-16/h3,5,7,10,13,15,19H,2,4,6,8-9,11H2,1H3. The molecule has 1 aromatic carbocycles. The van der Waals surface area contributed by atoms with Crippen molar-refractivity contribution in [2.45, 2.75) is 44.8 Å². The summed E-state index contributed by atoms with van der Waals surface area (Å²) in [5, 5.41) is 4.32. The summed E-state index contributed by atoms with van der Waals surface area (Å²) in [6, 6.07) is 7.06. The van der Waals surface area contributed by atoms with E-state index < -0.39 is 0 Å². The highest BCUT2D eigenvalue weighted by atomic mass is 19.1. The van der Waals surface area contributed by atoms with Crippen molar-refractivity contribution >= 4 is 11.0 Å². The smallest absolute Gasteiger partial charge is 0.169 e. The molecule has 1 saturated heterocycles. The van der Waals surface area contributed by atoms with Gasteiger partial charge in [0.15, 0.2) is 11.4 Å². The van der Waals surface area contributed by atoms with Crippen LogP contribution in [-0.2, 0) is 4.74 Å². The fourth-order valence-electron chi connectivity index (χ4n) is 2.93. The van der Waals surface area contributed by atoms with Crippen molar-refractivity contribution in [2.24, 2.45) is 0 Å². The van der Waals surface area contributed by atoms with Crippen molar-refractivity contribution in [1.29, 1.82) is 0 Å². The van der Waals surface area contributed by atoms with E-state index in [1.807, 2.05) is 12.1 Å². The zero-order valence-electron chi connectivity index (χ0n) is 12.4. The van der Waals surface area contributed by atoms with E-state index in [4.69, 9.17) is 9.15 Å². The summed E-state index contributed by atoms with van der Waals surface area (Å²) in [5.41, 5.74) is 0.350. The van der Waals surface area contributed by atoms with Crippen LogP contribution in [0.3, 0.4) is 0 Å². The highest BCUT2D eigenvalue weighted by Crippen LogP contribution is 2.30. The molecule has 2 aromatic rings. The molecule has 4 heteroatoms. The summed E-state index contributed by atoms with van der Waals surface area (Å²) >= 11 is 0. The van der Waals surface area contributed by atoms with Crippen molar-refractivity contribution in [3.05, 3.63) is 35.8 Å². The van der Waals surface area contributed by atoms with Gasteiger partial charge in [0.05, 0.1) is 12.1 Å². The fraction of sp³-hybridized carbons (Fsp3) is 0.529. The van der Waals surface area contributed by atoms with E-state index in [2.05, 4.69) is 12.2 Å². The monoisotopic (exact) mass is 291 g/mol. The van der Waals surface area contributed by atoms with Crippen LogP contribution in [-0.4, -0.2) is 19.3 Å². The average Bonchev–Trinajstić information content (AvgIpc) is 3.13. The van der Waals surface area contributed by atoms with Gasteiger partial charge in [-0.05, 0) is 44.4 Å². The Morgan fingerprint density at radius 3 is 3.05 bits per heavy atom. The third-order valence-corrected chi connectivity index (χ3v) is 4.02. The van der Waals surface area contributed by atoms with Gasteiger partial charge >= 0.3 is 0 Å². The normalized spacial score (nSPS) is 20.2. The van der Waals surface area contributed by atoms with Crippen LogP contribution in [0.1, 0.15) is 44.4 Å². The molecule has 0 amide bonds. The van der Waals surface area contributed by atoms with Gasteiger partial charge in [-0.3, -0.25) is 0 Å². The van der Waals surface area contributed by atoms with Crippen LogP contribution in [0.25, 0.3) is 11.0 Å². The predicted octanol–water partition coefficient (Wildman–Crippen LogP) is 4.18. The van der Waals surface area contributed by atoms with E-state index >= 15 is 0 Å². The Kier molecular flexibility index (Phi) is 4.56. The van der Waals surface area contributed by atoms with Gasteiger partial charge in [0, 0.05) is 12.0 Å². The molecule has 1 fully saturated rings. The maximum Gasteiger partial charge on any atom is 0.169 e. The number of hydrogen-bond acceptors (Lipinski definition) is 3. The summed E-state index contributed by atoms with van der Waals surface area (Å²) in [6.45, 7) is 3.89. The third kappa shape index (κ3) is 3.27. The van der Waals surface area contributed by atoms with Crippen LogP contribution >= 0.6 is 0 Å². The quantitative estimate of drug-likeness (QED) is 0.867. The van der Waals surface area contributed by atoms with Crippen molar-refractivity contribution in [2.75, 3.05) is 13.2 Å². The van der Waals surface area contributed by atoms with E-state index in [0.29, 0.717) is 5.58 Å². The number of rotatable bonds is 6. The lowest BCUT2D eigenvalue weighted by Gasteiger charge is -2.19. The number of halogens is 1. The van der Waals surface area contributed by atoms with E-state index in [9.17, 15) is 4.39 Å². The summed E-state index contributed by atoms with van der Waals surface area (Å²) in [4.78, 5) is 0. The van der Waals surface area contributed by atoms with Crippen molar-refractivity contribution in [3.63, 3.8) is 0 Å². The van der Waals surface area contributed by atoms with Crippen LogP contribution in [0.5, 0.6) is 0 Å². The molecule has 1 aliphatic rings. The minimum atomic E-state index is -0.301. The predicted molar refractivity (Wildman–Crippen MR) is 80.8 cm³/mol. The second kappa shape index (κ2) is 6.58. The minimum Gasteiger partial charge on any atom is -0.456 e. The van der Waals surface area contributed by atoms with Gasteiger partial charge in [-0.15, -0.1) is 0 Å². The number of hydrogen-bond donors (Lipinski definition) is 1. The number of para-hydroxylation sites is 1. The maximum absolute atomic E-state index is 13.8. The van der Waals surface area contributed by atoms with Gasteiger partial charge in [-0.1, -0.05) is 19.1 Å². The summed E-state index contributed by atoms with van der Waals surface area (Å²) < 4.78 is 25.3. The first kappa shape index (κ1) is 14.5. The van der Waals surface area contributed by atoms with Crippen LogP contribution in [0, 0.1) is 5.82 Å². The Morgan fingerprint density at radius 2 is 2.33 bits per heavy atom. The van der Waals surface area contributed by atoms with Gasteiger partial charge in [0.1, 0.15) is 5.76 Å². The van der Waals surface area contributed by atoms with E-state index in [0.717, 1.165) is 50.0 Å². The second-order valence-electron chi connectivity index (χ2n) is 5.68. The molecule has 114 valence electrons. The lowest BCUT2D eigenvalue weighted by atomic mass is 10.0. The Morgan fingerprint density at radius 1 is 1.43 bits per heavy atom. The highest BCUT2D eigenvalue weighted by Gasteiger charge is 2.24. The Bertz CT molecular complexity index is 589. The van der Waals surface area contributed by atoms with Gasteiger partial charge in [-0.25, -0.2) is 4.39 Å². The number of benzene rings is 1. The zero-order chi connectivity index (χ0) is 14.7. The zero-order valence-corrected chi connectivity index (χ0v) is 12.4. The molecular weight excluding hydrogens is 269 g/mol. The van der Waals surface area contributed by atoms with E-state index in [-0.39, 0.29) is 18.0 Å². The lowest BCUT2D eigenvalue weighted by Crippen LogP contribution is -2.25. The molecule has 3 rings (SSSR count). The molecule has 0 bridgehead atoms. The van der Waals surface area contributed by atoms with Gasteiger partial charge < -0.3 is 14.5 Å². The summed E-state index contributed by atoms with van der Waals surface area (Å²) in [6.07, 6.45) is 4.43. The largest absolute Gasteiger partial charge is 0.456 e.